The van der Waals surface area contributed by atoms with Gasteiger partial charge in [0, 0.05) is 7.11 Å². The van der Waals surface area contributed by atoms with Gasteiger partial charge in [0.1, 0.15) is 5.75 Å². The summed E-state index contributed by atoms with van der Waals surface area (Å²) in [5, 5.41) is 0. The Morgan fingerprint density at radius 1 is 1.22 bits per heavy atom. The van der Waals surface area contributed by atoms with Crippen molar-refractivity contribution in [3.63, 3.8) is 0 Å². The summed E-state index contributed by atoms with van der Waals surface area (Å²) in [6.45, 7) is 8.97. The molecule has 1 aromatic rings. The van der Waals surface area contributed by atoms with Gasteiger partial charge in [-0.1, -0.05) is 19.9 Å². The van der Waals surface area contributed by atoms with Crippen LogP contribution < -0.4 is 4.74 Å². The largest absolute Gasteiger partial charge is 0.424 e. The summed E-state index contributed by atoms with van der Waals surface area (Å²) >= 11 is 0. The lowest BCUT2D eigenvalue weighted by Crippen LogP contribution is -2.36. The van der Waals surface area contributed by atoms with Gasteiger partial charge >= 0.3 is 5.97 Å². The van der Waals surface area contributed by atoms with Gasteiger partial charge in [-0.15, -0.1) is 0 Å². The molecule has 0 radical (unpaired) electrons. The van der Waals surface area contributed by atoms with Crippen LogP contribution in [0.2, 0.25) is 0 Å². The van der Waals surface area contributed by atoms with E-state index in [2.05, 4.69) is 13.8 Å². The van der Waals surface area contributed by atoms with E-state index in [0.717, 1.165) is 17.5 Å². The zero-order chi connectivity index (χ0) is 17.0. The van der Waals surface area contributed by atoms with Crippen LogP contribution in [-0.4, -0.2) is 32.4 Å². The number of benzene rings is 1. The Balaban J connectivity index is 2.38. The maximum absolute atomic E-state index is 12.1. The van der Waals surface area contributed by atoms with Crippen LogP contribution in [0.4, 0.5) is 0 Å². The van der Waals surface area contributed by atoms with Crippen molar-refractivity contribution in [2.45, 2.75) is 51.9 Å². The van der Waals surface area contributed by atoms with Crippen molar-refractivity contribution in [2.75, 3.05) is 20.3 Å². The van der Waals surface area contributed by atoms with Gasteiger partial charge in [0.25, 0.3) is 0 Å². The van der Waals surface area contributed by atoms with Gasteiger partial charge in [0.05, 0.1) is 18.8 Å². The summed E-state index contributed by atoms with van der Waals surface area (Å²) in [5.74, 6) is -0.545. The molecule has 1 fully saturated rings. The molecule has 1 unspecified atom stereocenters. The van der Waals surface area contributed by atoms with Crippen molar-refractivity contribution in [2.24, 2.45) is 0 Å². The predicted molar refractivity (Wildman–Crippen MR) is 86.5 cm³/mol. The van der Waals surface area contributed by atoms with Gasteiger partial charge in [0.15, 0.2) is 11.9 Å². The molecule has 1 aliphatic heterocycles. The third-order valence-electron chi connectivity index (χ3n) is 4.10. The number of hydrogen-bond donors (Lipinski definition) is 0. The van der Waals surface area contributed by atoms with Gasteiger partial charge in [-0.3, -0.25) is 0 Å². The third kappa shape index (κ3) is 4.10. The van der Waals surface area contributed by atoms with Gasteiger partial charge in [-0.25, -0.2) is 4.79 Å². The van der Waals surface area contributed by atoms with Crippen LogP contribution in [0.15, 0.2) is 18.2 Å². The van der Waals surface area contributed by atoms with Crippen molar-refractivity contribution in [3.05, 3.63) is 29.3 Å². The molecule has 1 aromatic carbocycles. The fourth-order valence-corrected chi connectivity index (χ4v) is 2.43. The number of carbonyl (C=O) groups excluding carboxylic acids is 1. The molecule has 0 aromatic heterocycles. The summed E-state index contributed by atoms with van der Waals surface area (Å²) in [4.78, 5) is 12.1. The van der Waals surface area contributed by atoms with E-state index in [9.17, 15) is 4.79 Å². The van der Waals surface area contributed by atoms with E-state index in [-0.39, 0.29) is 0 Å². The van der Waals surface area contributed by atoms with Crippen molar-refractivity contribution in [1.82, 2.24) is 0 Å². The lowest BCUT2D eigenvalue weighted by Gasteiger charge is -2.35. The highest BCUT2D eigenvalue weighted by molar-refractivity contribution is 5.77. The zero-order valence-corrected chi connectivity index (χ0v) is 14.5. The minimum Gasteiger partial charge on any atom is -0.424 e. The molecule has 5 heteroatoms. The minimum atomic E-state index is -0.908. The molecule has 2 rings (SSSR count). The molecule has 1 heterocycles. The second-order valence-corrected chi connectivity index (χ2v) is 6.21. The first kappa shape index (κ1) is 17.9. The predicted octanol–water partition coefficient (Wildman–Crippen LogP) is 3.36. The fraction of sp³-hybridized carbons (Fsp3) is 0.611. The quantitative estimate of drug-likeness (QED) is 0.614. The highest BCUT2D eigenvalue weighted by Gasteiger charge is 2.35. The summed E-state index contributed by atoms with van der Waals surface area (Å²) in [5.41, 5.74) is 1.87. The van der Waals surface area contributed by atoms with Crippen LogP contribution in [-0.2, 0) is 24.8 Å². The first-order valence-electron chi connectivity index (χ1n) is 8.04. The number of rotatable bonds is 5. The van der Waals surface area contributed by atoms with Crippen LogP contribution in [0, 0.1) is 0 Å². The van der Waals surface area contributed by atoms with E-state index < -0.39 is 17.9 Å². The first-order valence-corrected chi connectivity index (χ1v) is 8.04. The molecule has 0 amide bonds. The van der Waals surface area contributed by atoms with Crippen molar-refractivity contribution < 1.29 is 23.7 Å². The maximum Gasteiger partial charge on any atom is 0.340 e. The van der Waals surface area contributed by atoms with E-state index in [4.69, 9.17) is 18.9 Å². The molecule has 128 valence electrons. The Kier molecular flexibility index (Phi) is 5.79. The molecule has 23 heavy (non-hydrogen) atoms. The van der Waals surface area contributed by atoms with E-state index in [1.807, 2.05) is 19.1 Å². The summed E-state index contributed by atoms with van der Waals surface area (Å²) in [6, 6.07) is 5.76. The molecule has 1 saturated heterocycles. The average Bonchev–Trinajstić information content (AvgIpc) is 2.54. The van der Waals surface area contributed by atoms with Crippen molar-refractivity contribution in [3.8, 4) is 5.75 Å². The fourth-order valence-electron chi connectivity index (χ4n) is 2.43. The molecule has 1 atom stereocenters. The van der Waals surface area contributed by atoms with Crippen LogP contribution in [0.1, 0.15) is 51.2 Å². The van der Waals surface area contributed by atoms with E-state index in [1.165, 1.54) is 7.11 Å². The number of ether oxygens (including phenoxy) is 4. The summed E-state index contributed by atoms with van der Waals surface area (Å²) < 4.78 is 22.2. The van der Waals surface area contributed by atoms with Crippen LogP contribution >= 0.6 is 0 Å². The number of esters is 1. The van der Waals surface area contributed by atoms with E-state index in [0.29, 0.717) is 24.9 Å². The standard InChI is InChI=1S/C18H26O5/c1-12(2)14-7-8-16(23-17(19)13(3)20-5)15(11-14)18(4)21-9-6-10-22-18/h7-8,11-13H,6,9-10H2,1-5H3. The van der Waals surface area contributed by atoms with Crippen LogP contribution in [0.5, 0.6) is 5.75 Å². The SMILES string of the molecule is COC(C)C(=O)Oc1ccc(C(C)C)cc1C1(C)OCCCO1. The molecule has 0 spiro atoms. The van der Waals surface area contributed by atoms with Crippen molar-refractivity contribution in [1.29, 1.82) is 0 Å². The number of hydrogen-bond acceptors (Lipinski definition) is 5. The normalized spacial score (nSPS) is 18.7. The molecular formula is C18H26O5. The van der Waals surface area contributed by atoms with E-state index >= 15 is 0 Å². The van der Waals surface area contributed by atoms with Gasteiger partial charge < -0.3 is 18.9 Å². The number of carbonyl (C=O) groups is 1. The monoisotopic (exact) mass is 322 g/mol. The highest BCUT2D eigenvalue weighted by atomic mass is 16.7. The average molecular weight is 322 g/mol. The molecule has 0 N–H and O–H groups in total. The van der Waals surface area contributed by atoms with Gasteiger partial charge in [-0.2, -0.15) is 0 Å². The van der Waals surface area contributed by atoms with E-state index in [1.54, 1.807) is 13.0 Å². The first-order chi connectivity index (χ1) is 10.9. The topological polar surface area (TPSA) is 54.0 Å². The molecular weight excluding hydrogens is 296 g/mol. The second kappa shape index (κ2) is 7.43. The molecule has 0 saturated carbocycles. The molecule has 0 aliphatic carbocycles. The van der Waals surface area contributed by atoms with Crippen LogP contribution in [0.25, 0.3) is 0 Å². The maximum atomic E-state index is 12.1. The summed E-state index contributed by atoms with van der Waals surface area (Å²) in [7, 11) is 1.48. The van der Waals surface area contributed by atoms with Gasteiger partial charge in [0.2, 0.25) is 0 Å². The Bertz CT molecular complexity index is 546. The lowest BCUT2D eigenvalue weighted by molar-refractivity contribution is -0.265. The third-order valence-corrected chi connectivity index (χ3v) is 4.10. The number of methoxy groups -OCH3 is 1. The summed E-state index contributed by atoms with van der Waals surface area (Å²) in [6.07, 6.45) is 0.226. The Morgan fingerprint density at radius 3 is 2.43 bits per heavy atom. The van der Waals surface area contributed by atoms with Gasteiger partial charge in [-0.05, 0) is 43.9 Å². The smallest absolute Gasteiger partial charge is 0.340 e. The lowest BCUT2D eigenvalue weighted by atomic mass is 9.96. The Labute approximate surface area is 137 Å². The van der Waals surface area contributed by atoms with Crippen LogP contribution in [0.3, 0.4) is 0 Å². The molecule has 1 aliphatic rings. The Hall–Kier alpha value is -1.43. The molecule has 0 bridgehead atoms. The molecule has 5 nitrogen and oxygen atoms in total. The minimum absolute atomic E-state index is 0.351. The van der Waals surface area contributed by atoms with Crippen molar-refractivity contribution >= 4 is 5.97 Å². The Morgan fingerprint density at radius 2 is 1.87 bits per heavy atom. The highest BCUT2D eigenvalue weighted by Crippen LogP contribution is 2.38. The second-order valence-electron chi connectivity index (χ2n) is 6.21. The zero-order valence-electron chi connectivity index (χ0n) is 14.5.